The third-order valence-electron chi connectivity index (χ3n) is 3.58. The Morgan fingerprint density at radius 2 is 1.73 bits per heavy atom. The second-order valence-corrected chi connectivity index (χ2v) is 4.71. The number of fused-ring (bicyclic) bond motifs is 2. The second-order valence-electron chi connectivity index (χ2n) is 4.71. The molecule has 0 saturated heterocycles. The first-order valence-electron chi connectivity index (χ1n) is 8.43. The van der Waals surface area contributed by atoms with E-state index in [9.17, 15) is 0 Å². The highest BCUT2D eigenvalue weighted by Crippen LogP contribution is 2.26. The van der Waals surface area contributed by atoms with E-state index in [4.69, 9.17) is 4.74 Å². The predicted octanol–water partition coefficient (Wildman–Crippen LogP) is 5.18. The van der Waals surface area contributed by atoms with Gasteiger partial charge >= 0.3 is 0 Å². The van der Waals surface area contributed by atoms with Crippen LogP contribution in [0.3, 0.4) is 0 Å². The average Bonchev–Trinajstić information content (AvgIpc) is 3.06. The second kappa shape index (κ2) is 9.93. The molecule has 2 aromatic rings. The van der Waals surface area contributed by atoms with Crippen LogP contribution in [0.25, 0.3) is 0 Å². The molecule has 0 fully saturated rings. The minimum Gasteiger partial charge on any atom is -0.497 e. The monoisotopic (exact) mass is 302 g/mol. The maximum Gasteiger partial charge on any atom is 0.119 e. The highest BCUT2D eigenvalue weighted by molar-refractivity contribution is 5.55. The van der Waals surface area contributed by atoms with Crippen molar-refractivity contribution < 1.29 is 4.74 Å². The summed E-state index contributed by atoms with van der Waals surface area (Å²) in [4.78, 5) is 3.34. The number of H-pyrrole nitrogens is 1. The van der Waals surface area contributed by atoms with E-state index in [2.05, 4.69) is 28.5 Å². The van der Waals surface area contributed by atoms with Crippen molar-refractivity contribution in [3.63, 3.8) is 0 Å². The predicted molar refractivity (Wildman–Crippen MR) is 95.8 cm³/mol. The zero-order valence-electron chi connectivity index (χ0n) is 14.6. The molecule has 1 aromatic heterocycles. The lowest BCUT2D eigenvalue weighted by atomic mass is 10.0. The van der Waals surface area contributed by atoms with Crippen LogP contribution in [0.2, 0.25) is 0 Å². The lowest BCUT2D eigenvalue weighted by Gasteiger charge is -2.11. The van der Waals surface area contributed by atoms with E-state index in [1.165, 1.54) is 22.5 Å². The van der Waals surface area contributed by atoms with Crippen LogP contribution in [-0.4, -0.2) is 12.1 Å². The molecule has 1 aliphatic heterocycles. The molecule has 1 aromatic carbocycles. The largest absolute Gasteiger partial charge is 0.497 e. The van der Waals surface area contributed by atoms with E-state index in [1.807, 2.05) is 40.0 Å². The van der Waals surface area contributed by atoms with E-state index in [1.54, 1.807) is 7.11 Å². The molecule has 0 saturated carbocycles. The summed E-state index contributed by atoms with van der Waals surface area (Å²) in [6.45, 7) is 8.89. The summed E-state index contributed by atoms with van der Waals surface area (Å²) in [7, 11) is 1.72. The summed E-state index contributed by atoms with van der Waals surface area (Å²) in [5.74, 6) is 0.938. The zero-order valence-corrected chi connectivity index (χ0v) is 14.6. The van der Waals surface area contributed by atoms with E-state index in [-0.39, 0.29) is 0 Å². The van der Waals surface area contributed by atoms with E-state index < -0.39 is 0 Å². The number of ether oxygens (including phenoxy) is 1. The van der Waals surface area contributed by atoms with Crippen LogP contribution in [0.1, 0.15) is 50.9 Å². The maximum atomic E-state index is 5.30. The molecule has 3 rings (SSSR count). The van der Waals surface area contributed by atoms with Gasteiger partial charge in [-0.1, -0.05) is 27.7 Å². The zero-order chi connectivity index (χ0) is 16.4. The van der Waals surface area contributed by atoms with Crippen LogP contribution < -0.4 is 10.1 Å². The van der Waals surface area contributed by atoms with Gasteiger partial charge in [0.2, 0.25) is 0 Å². The average molecular weight is 302 g/mol. The quantitative estimate of drug-likeness (QED) is 0.762. The Balaban J connectivity index is 0.000000561. The minimum absolute atomic E-state index is 0.887. The summed E-state index contributed by atoms with van der Waals surface area (Å²) in [5.41, 5.74) is 5.31. The Morgan fingerprint density at radius 3 is 2.45 bits per heavy atom. The van der Waals surface area contributed by atoms with E-state index in [0.717, 1.165) is 31.6 Å². The Labute approximate surface area is 135 Å². The molecule has 0 atom stereocenters. The molecule has 3 heteroatoms. The molecule has 0 aliphatic carbocycles. The summed E-state index contributed by atoms with van der Waals surface area (Å²) >= 11 is 0. The van der Waals surface area contributed by atoms with E-state index >= 15 is 0 Å². The molecule has 1 aliphatic rings. The van der Waals surface area contributed by atoms with Crippen molar-refractivity contribution in [1.82, 2.24) is 4.98 Å². The number of nitrogens with one attached hydrogen (secondary N) is 2. The summed E-state index contributed by atoms with van der Waals surface area (Å²) in [6, 6.07) is 8.44. The van der Waals surface area contributed by atoms with Crippen molar-refractivity contribution in [2.75, 3.05) is 12.4 Å². The summed E-state index contributed by atoms with van der Waals surface area (Å²) in [5, 5.41) is 3.52. The fourth-order valence-corrected chi connectivity index (χ4v) is 2.56. The Morgan fingerprint density at radius 1 is 0.955 bits per heavy atom. The highest BCUT2D eigenvalue weighted by Gasteiger charge is 2.10. The van der Waals surface area contributed by atoms with Gasteiger partial charge in [-0.15, -0.1) is 0 Å². The van der Waals surface area contributed by atoms with Gasteiger partial charge in [0.1, 0.15) is 5.75 Å². The number of anilines is 1. The highest BCUT2D eigenvalue weighted by atomic mass is 16.5. The van der Waals surface area contributed by atoms with Gasteiger partial charge in [-0.25, -0.2) is 0 Å². The van der Waals surface area contributed by atoms with Crippen molar-refractivity contribution in [2.45, 2.75) is 53.5 Å². The molecule has 0 amide bonds. The van der Waals surface area contributed by atoms with Crippen LogP contribution in [0.5, 0.6) is 5.75 Å². The Hall–Kier alpha value is -1.90. The molecule has 2 N–H and O–H groups in total. The van der Waals surface area contributed by atoms with Crippen LogP contribution in [0.15, 0.2) is 30.5 Å². The third-order valence-corrected chi connectivity index (χ3v) is 3.58. The summed E-state index contributed by atoms with van der Waals surface area (Å²) < 4.78 is 5.30. The number of hydrogen-bond donors (Lipinski definition) is 2. The summed E-state index contributed by atoms with van der Waals surface area (Å²) in [6.07, 6.45) is 5.39. The van der Waals surface area contributed by atoms with Gasteiger partial charge in [0.15, 0.2) is 0 Å². The standard InChI is InChI=1S/C15H18N2O.2C2H6/c1-18-13-5-6-15-11(9-13)3-2-4-14-12(10-17-15)7-8-16-14;2*1-2/h5-9,16-17H,2-4,10H2,1H3;2*1-2H3. The first-order valence-corrected chi connectivity index (χ1v) is 8.43. The van der Waals surface area contributed by atoms with Crippen LogP contribution >= 0.6 is 0 Å². The van der Waals surface area contributed by atoms with Gasteiger partial charge in [0.05, 0.1) is 7.11 Å². The lowest BCUT2D eigenvalue weighted by Crippen LogP contribution is -2.02. The van der Waals surface area contributed by atoms with Crippen molar-refractivity contribution in [2.24, 2.45) is 0 Å². The molecule has 0 radical (unpaired) electrons. The van der Waals surface area contributed by atoms with Gasteiger partial charge in [0, 0.05) is 24.1 Å². The fraction of sp³-hybridized carbons (Fsp3) is 0.474. The number of hydrogen-bond acceptors (Lipinski definition) is 2. The van der Waals surface area contributed by atoms with Crippen molar-refractivity contribution in [3.8, 4) is 5.75 Å². The number of methoxy groups -OCH3 is 1. The van der Waals surface area contributed by atoms with Crippen LogP contribution in [-0.2, 0) is 19.4 Å². The van der Waals surface area contributed by atoms with Crippen molar-refractivity contribution in [3.05, 3.63) is 47.3 Å². The molecule has 122 valence electrons. The van der Waals surface area contributed by atoms with Gasteiger partial charge in [0.25, 0.3) is 0 Å². The lowest BCUT2D eigenvalue weighted by molar-refractivity contribution is 0.414. The van der Waals surface area contributed by atoms with Crippen molar-refractivity contribution in [1.29, 1.82) is 0 Å². The van der Waals surface area contributed by atoms with Crippen LogP contribution in [0, 0.1) is 0 Å². The first kappa shape index (κ1) is 18.1. The molecule has 3 nitrogen and oxygen atoms in total. The van der Waals surface area contributed by atoms with E-state index in [0.29, 0.717) is 0 Å². The number of aryl methyl sites for hydroxylation is 2. The van der Waals surface area contributed by atoms with Gasteiger partial charge in [-0.2, -0.15) is 0 Å². The molecule has 2 heterocycles. The SMILES string of the molecule is CC.CC.COc1ccc2c(c1)CCCc1[nH]ccc1CN2. The Bertz CT molecular complexity index is 546. The maximum absolute atomic E-state index is 5.30. The minimum atomic E-state index is 0.887. The molecular weight excluding hydrogens is 272 g/mol. The van der Waals surface area contributed by atoms with Gasteiger partial charge in [-0.3, -0.25) is 0 Å². The number of rotatable bonds is 1. The van der Waals surface area contributed by atoms with Gasteiger partial charge in [-0.05, 0) is 54.7 Å². The topological polar surface area (TPSA) is 37.0 Å². The molecule has 0 bridgehead atoms. The van der Waals surface area contributed by atoms with Crippen LogP contribution in [0.4, 0.5) is 5.69 Å². The molecule has 0 unspecified atom stereocenters. The van der Waals surface area contributed by atoms with Gasteiger partial charge < -0.3 is 15.0 Å². The molecule has 22 heavy (non-hydrogen) atoms. The van der Waals surface area contributed by atoms with Crippen molar-refractivity contribution >= 4 is 5.69 Å². The number of benzene rings is 1. The molecular formula is C19H30N2O. The normalized spacial score (nSPS) is 12.4. The fourth-order valence-electron chi connectivity index (χ4n) is 2.56. The molecule has 0 spiro atoms. The number of aromatic nitrogens is 1. The first-order chi connectivity index (χ1) is 10.9. The Kier molecular flexibility index (Phi) is 8.19. The number of aromatic amines is 1. The third kappa shape index (κ3) is 4.55. The smallest absolute Gasteiger partial charge is 0.119 e.